The number of nitrogens with one attached hydrogen (secondary N) is 1. The molecule has 3 aliphatic rings. The number of nitrogens with zero attached hydrogens (tertiary/aromatic N) is 2. The Labute approximate surface area is 113 Å². The van der Waals surface area contributed by atoms with Gasteiger partial charge in [-0.1, -0.05) is 12.8 Å². The van der Waals surface area contributed by atoms with E-state index in [0.29, 0.717) is 32.7 Å². The highest BCUT2D eigenvalue weighted by molar-refractivity contribution is 5.84. The van der Waals surface area contributed by atoms with Crippen LogP contribution in [0.15, 0.2) is 0 Å². The van der Waals surface area contributed by atoms with E-state index < -0.39 is 0 Å². The first kappa shape index (κ1) is 12.7. The number of piperazine rings is 1. The van der Waals surface area contributed by atoms with Gasteiger partial charge in [-0.15, -0.1) is 0 Å². The Bertz CT molecular complexity index is 392. The summed E-state index contributed by atoms with van der Waals surface area (Å²) in [4.78, 5) is 28.1. The number of amides is 3. The van der Waals surface area contributed by atoms with Crippen LogP contribution in [0.4, 0.5) is 4.79 Å². The van der Waals surface area contributed by atoms with E-state index in [1.165, 1.54) is 0 Å². The molecular weight excluding hydrogens is 244 g/mol. The minimum absolute atomic E-state index is 0.00602. The molecule has 6 nitrogen and oxygen atoms in total. The number of fused-ring (bicyclic) bond motifs is 1. The van der Waals surface area contributed by atoms with Gasteiger partial charge in [-0.25, -0.2) is 4.79 Å². The molecule has 0 radical (unpaired) electrons. The quantitative estimate of drug-likeness (QED) is 0.723. The van der Waals surface area contributed by atoms with E-state index in [1.54, 1.807) is 0 Å². The molecule has 1 saturated carbocycles. The van der Waals surface area contributed by atoms with Crippen LogP contribution in [-0.2, 0) is 4.79 Å². The van der Waals surface area contributed by atoms with Crippen LogP contribution in [0.5, 0.6) is 0 Å². The molecule has 6 heteroatoms. The second-order valence-corrected chi connectivity index (χ2v) is 5.98. The van der Waals surface area contributed by atoms with E-state index in [2.05, 4.69) is 5.32 Å². The van der Waals surface area contributed by atoms with Gasteiger partial charge in [0.05, 0.1) is 11.5 Å². The number of hydrogen-bond donors (Lipinski definition) is 2. The van der Waals surface area contributed by atoms with Crippen LogP contribution in [0, 0.1) is 5.41 Å². The Morgan fingerprint density at radius 1 is 1.37 bits per heavy atom. The van der Waals surface area contributed by atoms with Gasteiger partial charge in [-0.3, -0.25) is 4.79 Å². The second-order valence-electron chi connectivity index (χ2n) is 5.98. The van der Waals surface area contributed by atoms with Crippen LogP contribution in [0.25, 0.3) is 0 Å². The molecule has 19 heavy (non-hydrogen) atoms. The fraction of sp³-hybridized carbons (Fsp3) is 0.846. The van der Waals surface area contributed by atoms with Gasteiger partial charge in [0.2, 0.25) is 5.91 Å². The Morgan fingerprint density at radius 2 is 2.11 bits per heavy atom. The Kier molecular flexibility index (Phi) is 3.12. The van der Waals surface area contributed by atoms with Crippen molar-refractivity contribution in [3.8, 4) is 0 Å². The van der Waals surface area contributed by atoms with E-state index in [1.807, 2.05) is 9.80 Å². The van der Waals surface area contributed by atoms with Gasteiger partial charge in [-0.05, 0) is 12.8 Å². The summed E-state index contributed by atoms with van der Waals surface area (Å²) >= 11 is 0. The molecule has 3 N–H and O–H groups in total. The average molecular weight is 266 g/mol. The van der Waals surface area contributed by atoms with Crippen LogP contribution in [0.3, 0.4) is 0 Å². The predicted octanol–water partition coefficient (Wildman–Crippen LogP) is -0.258. The lowest BCUT2D eigenvalue weighted by molar-refractivity contribution is -0.143. The number of nitrogens with two attached hydrogens (primary N) is 1. The van der Waals surface area contributed by atoms with Gasteiger partial charge in [0.1, 0.15) is 0 Å². The summed E-state index contributed by atoms with van der Waals surface area (Å²) in [5.74, 6) is 0.214. The van der Waals surface area contributed by atoms with Crippen molar-refractivity contribution in [1.82, 2.24) is 15.1 Å². The third kappa shape index (κ3) is 1.98. The van der Waals surface area contributed by atoms with Crippen molar-refractivity contribution in [3.63, 3.8) is 0 Å². The van der Waals surface area contributed by atoms with Crippen LogP contribution in [0.2, 0.25) is 0 Å². The molecule has 3 fully saturated rings. The molecule has 0 spiro atoms. The predicted molar refractivity (Wildman–Crippen MR) is 70.4 cm³/mol. The zero-order valence-corrected chi connectivity index (χ0v) is 11.2. The highest BCUT2D eigenvalue weighted by Crippen LogP contribution is 2.39. The first-order valence-electron chi connectivity index (χ1n) is 7.20. The van der Waals surface area contributed by atoms with Crippen LogP contribution in [-0.4, -0.2) is 60.5 Å². The van der Waals surface area contributed by atoms with Gasteiger partial charge in [0, 0.05) is 32.7 Å². The van der Waals surface area contributed by atoms with Crippen molar-refractivity contribution in [1.29, 1.82) is 0 Å². The number of urea groups is 1. The average Bonchev–Trinajstić information content (AvgIpc) is 3.06. The van der Waals surface area contributed by atoms with E-state index >= 15 is 0 Å². The maximum Gasteiger partial charge on any atom is 0.317 e. The molecule has 2 aliphatic heterocycles. The fourth-order valence-electron chi connectivity index (χ4n) is 3.68. The third-order valence-electron chi connectivity index (χ3n) is 4.92. The second kappa shape index (κ2) is 4.67. The molecule has 2 heterocycles. The smallest absolute Gasteiger partial charge is 0.317 e. The summed E-state index contributed by atoms with van der Waals surface area (Å²) < 4.78 is 0. The zero-order chi connectivity index (χ0) is 13.5. The van der Waals surface area contributed by atoms with Crippen molar-refractivity contribution in [2.24, 2.45) is 11.1 Å². The maximum absolute atomic E-state index is 12.7. The number of carbonyl (C=O) groups excluding carboxylic acids is 2. The molecule has 1 unspecified atom stereocenters. The van der Waals surface area contributed by atoms with Gasteiger partial charge < -0.3 is 20.9 Å². The molecule has 0 aromatic heterocycles. The largest absolute Gasteiger partial charge is 0.338 e. The molecule has 1 atom stereocenters. The highest BCUT2D eigenvalue weighted by atomic mass is 16.2. The SMILES string of the molecule is NCC1(C(=O)N2CCN3C(=O)NCC3C2)CCCC1. The molecular formula is C13H22N4O2. The molecule has 2 saturated heterocycles. The molecule has 0 aromatic rings. The fourth-order valence-corrected chi connectivity index (χ4v) is 3.68. The van der Waals surface area contributed by atoms with Crippen molar-refractivity contribution in [2.45, 2.75) is 31.7 Å². The Morgan fingerprint density at radius 3 is 2.79 bits per heavy atom. The van der Waals surface area contributed by atoms with E-state index in [4.69, 9.17) is 5.73 Å². The lowest BCUT2D eigenvalue weighted by atomic mass is 9.84. The standard InChI is InChI=1S/C13H22N4O2/c14-9-13(3-1-2-4-13)11(18)16-5-6-17-10(8-16)7-15-12(17)19/h10H,1-9,14H2,(H,15,19). The van der Waals surface area contributed by atoms with Crippen LogP contribution >= 0.6 is 0 Å². The summed E-state index contributed by atoms with van der Waals surface area (Å²) in [6.07, 6.45) is 4.05. The number of hydrogen-bond acceptors (Lipinski definition) is 3. The Hall–Kier alpha value is -1.30. The minimum atomic E-state index is -0.321. The molecule has 0 bridgehead atoms. The maximum atomic E-state index is 12.7. The van der Waals surface area contributed by atoms with E-state index in [0.717, 1.165) is 25.7 Å². The summed E-state index contributed by atoms with van der Waals surface area (Å²) in [6, 6.07) is 0.146. The highest BCUT2D eigenvalue weighted by Gasteiger charge is 2.45. The monoisotopic (exact) mass is 266 g/mol. The van der Waals surface area contributed by atoms with Crippen LogP contribution < -0.4 is 11.1 Å². The number of carbonyl (C=O) groups is 2. The normalized spacial score (nSPS) is 29.3. The summed E-state index contributed by atoms with van der Waals surface area (Å²) in [5, 5.41) is 2.84. The number of rotatable bonds is 2. The molecule has 106 valence electrons. The topological polar surface area (TPSA) is 78.7 Å². The Balaban J connectivity index is 1.70. The van der Waals surface area contributed by atoms with Crippen molar-refractivity contribution >= 4 is 11.9 Å². The summed E-state index contributed by atoms with van der Waals surface area (Å²) in [5.41, 5.74) is 5.56. The summed E-state index contributed by atoms with van der Waals surface area (Å²) in [6.45, 7) is 3.04. The van der Waals surface area contributed by atoms with Gasteiger partial charge in [0.25, 0.3) is 0 Å². The minimum Gasteiger partial charge on any atom is -0.338 e. The van der Waals surface area contributed by atoms with E-state index in [9.17, 15) is 9.59 Å². The zero-order valence-electron chi connectivity index (χ0n) is 11.2. The molecule has 3 rings (SSSR count). The van der Waals surface area contributed by atoms with Gasteiger partial charge >= 0.3 is 6.03 Å². The molecule has 1 aliphatic carbocycles. The third-order valence-corrected chi connectivity index (χ3v) is 4.92. The first-order chi connectivity index (χ1) is 9.16. The van der Waals surface area contributed by atoms with Crippen LogP contribution in [0.1, 0.15) is 25.7 Å². The van der Waals surface area contributed by atoms with Crippen molar-refractivity contribution in [2.75, 3.05) is 32.7 Å². The summed E-state index contributed by atoms with van der Waals surface area (Å²) in [7, 11) is 0. The van der Waals surface area contributed by atoms with Gasteiger partial charge in [-0.2, -0.15) is 0 Å². The van der Waals surface area contributed by atoms with Gasteiger partial charge in [0.15, 0.2) is 0 Å². The van der Waals surface area contributed by atoms with Crippen molar-refractivity contribution in [3.05, 3.63) is 0 Å². The van der Waals surface area contributed by atoms with E-state index in [-0.39, 0.29) is 23.4 Å². The lowest BCUT2D eigenvalue weighted by Gasteiger charge is -2.40. The lowest BCUT2D eigenvalue weighted by Crippen LogP contribution is -2.57. The molecule has 3 amide bonds. The first-order valence-corrected chi connectivity index (χ1v) is 7.20. The molecule has 0 aromatic carbocycles. The van der Waals surface area contributed by atoms with Crippen molar-refractivity contribution < 1.29 is 9.59 Å².